The molecule has 0 fully saturated rings. The number of furan rings is 1. The first-order valence-electron chi connectivity index (χ1n) is 18.2. The van der Waals surface area contributed by atoms with Crippen LogP contribution < -0.4 is 5.19 Å². The van der Waals surface area contributed by atoms with Gasteiger partial charge in [0.15, 0.2) is 0 Å². The first kappa shape index (κ1) is 32.7. The van der Waals surface area contributed by atoms with E-state index in [0.717, 1.165) is 60.8 Å². The molecule has 3 nitrogen and oxygen atoms in total. The third-order valence-electron chi connectivity index (χ3n) is 10.9. The molecule has 7 heteroatoms. The summed E-state index contributed by atoms with van der Waals surface area (Å²) in [5, 5.41) is 7.75. The Morgan fingerprint density at radius 1 is 0.345 bits per heavy atom. The predicted molar refractivity (Wildman–Crippen MR) is 236 cm³/mol. The van der Waals surface area contributed by atoms with Gasteiger partial charge in [-0.1, -0.05) is 109 Å². The molecule has 3 heterocycles. The Labute approximate surface area is 331 Å². The van der Waals surface area contributed by atoms with Crippen LogP contribution >= 0.6 is 33.2 Å². The SMILES string of the molecule is Cl[Si](Cl)(Cl)c1cccc(-c2ccc3oc4ccc(-c5cc(-n6c7ccccc7c7ccccc76)cc(-n6c7ccccc7c7ccccc76)c5)cc4c3c2)c1. The smallest absolute Gasteiger partial charge is 0.372 e. The van der Waals surface area contributed by atoms with Crippen LogP contribution in [0, 0.1) is 0 Å². The lowest BCUT2D eigenvalue weighted by Gasteiger charge is -2.16. The number of benzene rings is 8. The van der Waals surface area contributed by atoms with Crippen LogP contribution in [0.15, 0.2) is 180 Å². The second-order valence-corrected chi connectivity index (χ2v) is 22.5. The quantitative estimate of drug-likeness (QED) is 0.126. The van der Waals surface area contributed by atoms with Gasteiger partial charge in [-0.05, 0) is 94.2 Å². The molecule has 0 spiro atoms. The third-order valence-corrected chi connectivity index (χ3v) is 13.8. The van der Waals surface area contributed by atoms with Crippen molar-refractivity contribution in [1.82, 2.24) is 9.13 Å². The van der Waals surface area contributed by atoms with E-state index < -0.39 is 6.00 Å². The first-order valence-corrected chi connectivity index (χ1v) is 23.2. The van der Waals surface area contributed by atoms with Gasteiger partial charge in [0.1, 0.15) is 11.2 Å². The van der Waals surface area contributed by atoms with Gasteiger partial charge in [0.25, 0.3) is 0 Å². The van der Waals surface area contributed by atoms with E-state index in [0.29, 0.717) is 0 Å². The summed E-state index contributed by atoms with van der Waals surface area (Å²) in [5.74, 6) is 0. The van der Waals surface area contributed by atoms with Gasteiger partial charge in [-0.2, -0.15) is 0 Å². The zero-order valence-corrected chi connectivity index (χ0v) is 32.4. The Bertz CT molecular complexity index is 3090. The van der Waals surface area contributed by atoms with Crippen LogP contribution in [0.2, 0.25) is 0 Å². The van der Waals surface area contributed by atoms with E-state index in [-0.39, 0.29) is 0 Å². The lowest BCUT2D eigenvalue weighted by atomic mass is 9.99. The summed E-state index contributed by atoms with van der Waals surface area (Å²) in [7, 11) is 0. The molecule has 8 aromatic carbocycles. The van der Waals surface area contributed by atoms with Gasteiger partial charge in [-0.15, -0.1) is 33.2 Å². The minimum Gasteiger partial charge on any atom is -0.456 e. The van der Waals surface area contributed by atoms with E-state index in [2.05, 4.69) is 161 Å². The van der Waals surface area contributed by atoms with Crippen LogP contribution in [0.4, 0.5) is 0 Å². The van der Waals surface area contributed by atoms with Crippen LogP contribution in [0.25, 0.3) is 99.2 Å². The predicted octanol–water partition coefficient (Wildman–Crippen LogP) is 14.0. The Hall–Kier alpha value is -5.75. The molecular weight excluding hydrogens is 755 g/mol. The molecule has 0 N–H and O–H groups in total. The van der Waals surface area contributed by atoms with E-state index in [9.17, 15) is 0 Å². The first-order chi connectivity index (χ1) is 26.9. The topological polar surface area (TPSA) is 23.0 Å². The standard InChI is InChI=1S/C48H29Cl3N2OSi/c49-55(50,51)36-11-9-10-30(26-36)31-20-22-47-41(27-31)42-28-32(21-23-48(42)54-47)33-24-34(52-43-16-5-1-12-37(43)38-13-2-6-17-44(38)52)29-35(25-33)53-45-18-7-3-14-39(45)40-15-4-8-19-46(40)53/h1-29H. The van der Waals surface area contributed by atoms with E-state index in [1.807, 2.05) is 24.3 Å². The lowest BCUT2D eigenvalue weighted by Crippen LogP contribution is -2.29. The number of hydrogen-bond donors (Lipinski definition) is 0. The number of fused-ring (bicyclic) bond motifs is 9. The summed E-state index contributed by atoms with van der Waals surface area (Å²) in [5.41, 5.74) is 12.7. The Morgan fingerprint density at radius 2 is 0.764 bits per heavy atom. The molecule has 0 saturated heterocycles. The summed E-state index contributed by atoms with van der Waals surface area (Å²) < 4.78 is 11.2. The van der Waals surface area contributed by atoms with Gasteiger partial charge >= 0.3 is 6.00 Å². The number of para-hydroxylation sites is 4. The van der Waals surface area contributed by atoms with Gasteiger partial charge < -0.3 is 13.6 Å². The lowest BCUT2D eigenvalue weighted by molar-refractivity contribution is 0.669. The second kappa shape index (κ2) is 12.4. The van der Waals surface area contributed by atoms with E-state index in [1.54, 1.807) is 0 Å². The highest BCUT2D eigenvalue weighted by atomic mass is 35.8. The number of rotatable bonds is 5. The summed E-state index contributed by atoms with van der Waals surface area (Å²) >= 11 is 19.2. The molecule has 262 valence electrons. The molecular formula is C48H29Cl3N2OSi. The van der Waals surface area contributed by atoms with Gasteiger partial charge in [0.2, 0.25) is 0 Å². The summed E-state index contributed by atoms with van der Waals surface area (Å²) in [6.45, 7) is 0. The molecule has 0 aliphatic heterocycles. The zero-order chi connectivity index (χ0) is 36.8. The van der Waals surface area contributed by atoms with Crippen LogP contribution in [0.1, 0.15) is 0 Å². The Kier molecular flexibility index (Phi) is 7.35. The average Bonchev–Trinajstić information content (AvgIpc) is 3.87. The molecule has 3 aromatic heterocycles. The maximum absolute atomic E-state index is 6.41. The number of hydrogen-bond acceptors (Lipinski definition) is 1. The summed E-state index contributed by atoms with van der Waals surface area (Å²) in [6, 6.07) is 59.3. The molecule has 0 atom stereocenters. The number of nitrogens with zero attached hydrogens (tertiary/aromatic N) is 2. The average molecular weight is 784 g/mol. The van der Waals surface area contributed by atoms with Gasteiger partial charge in [-0.3, -0.25) is 0 Å². The van der Waals surface area contributed by atoms with Crippen molar-refractivity contribution in [3.63, 3.8) is 0 Å². The molecule has 11 rings (SSSR count). The highest BCUT2D eigenvalue weighted by Crippen LogP contribution is 2.40. The molecule has 0 radical (unpaired) electrons. The third kappa shape index (κ3) is 5.25. The minimum absolute atomic E-state index is 0.761. The molecule has 0 aliphatic carbocycles. The van der Waals surface area contributed by atoms with Crippen molar-refractivity contribution in [3.05, 3.63) is 176 Å². The fourth-order valence-corrected chi connectivity index (χ4v) is 10.1. The fraction of sp³-hybridized carbons (Fsp3) is 0. The highest BCUT2D eigenvalue weighted by Gasteiger charge is 2.28. The van der Waals surface area contributed by atoms with Gasteiger partial charge in [0, 0.05) is 43.7 Å². The fourth-order valence-electron chi connectivity index (χ4n) is 8.43. The van der Waals surface area contributed by atoms with Crippen molar-refractivity contribution < 1.29 is 4.42 Å². The summed E-state index contributed by atoms with van der Waals surface area (Å²) in [6.07, 6.45) is 0. The van der Waals surface area contributed by atoms with Crippen molar-refractivity contribution >= 4 is 110 Å². The van der Waals surface area contributed by atoms with E-state index in [4.69, 9.17) is 37.7 Å². The molecule has 55 heavy (non-hydrogen) atoms. The Morgan fingerprint density at radius 3 is 1.22 bits per heavy atom. The van der Waals surface area contributed by atoms with Crippen molar-refractivity contribution in [2.45, 2.75) is 0 Å². The van der Waals surface area contributed by atoms with E-state index >= 15 is 0 Å². The van der Waals surface area contributed by atoms with Crippen LogP contribution in [-0.4, -0.2) is 15.1 Å². The van der Waals surface area contributed by atoms with Crippen molar-refractivity contribution in [2.75, 3.05) is 0 Å². The van der Waals surface area contributed by atoms with Crippen LogP contribution in [0.5, 0.6) is 0 Å². The highest BCUT2D eigenvalue weighted by molar-refractivity contribution is 7.69. The second-order valence-electron chi connectivity index (χ2n) is 14.1. The zero-order valence-electron chi connectivity index (χ0n) is 29.2. The molecule has 11 aromatic rings. The normalized spacial score (nSPS) is 12.3. The molecule has 0 saturated carbocycles. The van der Waals surface area contributed by atoms with Crippen molar-refractivity contribution in [1.29, 1.82) is 0 Å². The molecule has 0 unspecified atom stereocenters. The number of aromatic nitrogens is 2. The maximum atomic E-state index is 6.41. The number of halogens is 3. The monoisotopic (exact) mass is 782 g/mol. The van der Waals surface area contributed by atoms with Crippen molar-refractivity contribution in [2.24, 2.45) is 0 Å². The largest absolute Gasteiger partial charge is 0.456 e. The van der Waals surface area contributed by atoms with Crippen LogP contribution in [-0.2, 0) is 0 Å². The molecule has 0 amide bonds. The van der Waals surface area contributed by atoms with Crippen molar-refractivity contribution in [3.8, 4) is 33.6 Å². The minimum atomic E-state index is -3.04. The Balaban J connectivity index is 1.17. The summed E-state index contributed by atoms with van der Waals surface area (Å²) in [4.78, 5) is 0. The molecule has 0 aliphatic rings. The van der Waals surface area contributed by atoms with Gasteiger partial charge in [0.05, 0.1) is 22.1 Å². The van der Waals surface area contributed by atoms with Gasteiger partial charge in [-0.25, -0.2) is 0 Å². The van der Waals surface area contributed by atoms with Crippen LogP contribution in [0.3, 0.4) is 0 Å². The van der Waals surface area contributed by atoms with E-state index in [1.165, 1.54) is 43.6 Å². The molecule has 0 bridgehead atoms. The maximum Gasteiger partial charge on any atom is 0.372 e.